The molecular weight excluding hydrogens is 483 g/mol. The molecule has 4 N–H and O–H groups in total. The van der Waals surface area contributed by atoms with Gasteiger partial charge >= 0.3 is 5.97 Å². The molecule has 11 nitrogen and oxygen atoms in total. The Kier molecular flexibility index (Phi) is 6.32. The lowest BCUT2D eigenvalue weighted by molar-refractivity contribution is -0.123. The van der Waals surface area contributed by atoms with E-state index in [1.807, 2.05) is 0 Å². The molecule has 3 aromatic rings. The molecule has 0 saturated carbocycles. The first-order valence-electron chi connectivity index (χ1n) is 12.0. The molecule has 12 heteroatoms. The van der Waals surface area contributed by atoms with E-state index < -0.39 is 23.6 Å². The fraction of sp³-hybridized carbons (Fsp3) is 0.360. The van der Waals surface area contributed by atoms with Gasteiger partial charge in [-0.05, 0) is 55.4 Å². The summed E-state index contributed by atoms with van der Waals surface area (Å²) in [5.74, 6) is -3.06. The predicted octanol–water partition coefficient (Wildman–Crippen LogP) is 1.69. The van der Waals surface area contributed by atoms with Gasteiger partial charge in [-0.2, -0.15) is 5.10 Å². The quantitative estimate of drug-likeness (QED) is 0.395. The second-order valence-corrected chi connectivity index (χ2v) is 9.30. The molecule has 1 aliphatic carbocycles. The van der Waals surface area contributed by atoms with Crippen LogP contribution in [0.5, 0.6) is 0 Å². The Labute approximate surface area is 210 Å². The van der Waals surface area contributed by atoms with Crippen LogP contribution in [0.25, 0.3) is 5.65 Å². The number of carbonyl (C=O) groups is 4. The van der Waals surface area contributed by atoms with Crippen LogP contribution in [0.2, 0.25) is 0 Å². The van der Waals surface area contributed by atoms with Crippen molar-refractivity contribution in [1.82, 2.24) is 30.5 Å². The van der Waals surface area contributed by atoms with E-state index in [0.717, 1.165) is 34.7 Å². The van der Waals surface area contributed by atoms with E-state index in [-0.39, 0.29) is 47.1 Å². The van der Waals surface area contributed by atoms with Crippen molar-refractivity contribution < 1.29 is 28.7 Å². The molecular formula is C25H25FN6O5. The normalized spacial score (nSPS) is 18.8. The Balaban J connectivity index is 1.38. The van der Waals surface area contributed by atoms with Crippen LogP contribution in [0.15, 0.2) is 24.4 Å². The Morgan fingerprint density at radius 1 is 1.22 bits per heavy atom. The monoisotopic (exact) mass is 508 g/mol. The van der Waals surface area contributed by atoms with Gasteiger partial charge in [-0.1, -0.05) is 6.07 Å². The average Bonchev–Trinajstić information content (AvgIpc) is 3.46. The van der Waals surface area contributed by atoms with Crippen LogP contribution in [-0.4, -0.2) is 56.0 Å². The highest BCUT2D eigenvalue weighted by Gasteiger charge is 2.29. The molecule has 2 aliphatic rings. The number of nitrogens with one attached hydrogen (secondary N) is 3. The smallest absolute Gasteiger partial charge is 0.335 e. The van der Waals surface area contributed by atoms with Gasteiger partial charge in [0.15, 0.2) is 11.5 Å². The molecule has 2 atom stereocenters. The van der Waals surface area contributed by atoms with Crippen LogP contribution in [0.4, 0.5) is 4.39 Å². The molecule has 5 rings (SSSR count). The molecule has 0 spiro atoms. The fourth-order valence-electron chi connectivity index (χ4n) is 5.05. The van der Waals surface area contributed by atoms with Crippen LogP contribution in [0, 0.1) is 12.7 Å². The van der Waals surface area contributed by atoms with Gasteiger partial charge in [-0.3, -0.25) is 14.4 Å². The summed E-state index contributed by atoms with van der Waals surface area (Å²) in [5, 5.41) is 21.7. The van der Waals surface area contributed by atoms with Crippen LogP contribution < -0.4 is 16.0 Å². The number of carbonyl (C=O) groups excluding carboxylic acids is 3. The third kappa shape index (κ3) is 4.61. The highest BCUT2D eigenvalue weighted by atomic mass is 19.1. The largest absolute Gasteiger partial charge is 0.478 e. The van der Waals surface area contributed by atoms with Crippen LogP contribution in [0.3, 0.4) is 0 Å². The van der Waals surface area contributed by atoms with Crippen molar-refractivity contribution in [1.29, 1.82) is 0 Å². The lowest BCUT2D eigenvalue weighted by Crippen LogP contribution is -2.46. The summed E-state index contributed by atoms with van der Waals surface area (Å²) in [6.07, 6.45) is 3.98. The van der Waals surface area contributed by atoms with Crippen molar-refractivity contribution in [3.05, 3.63) is 63.9 Å². The molecule has 1 fully saturated rings. The van der Waals surface area contributed by atoms with Crippen LogP contribution >= 0.6 is 0 Å². The van der Waals surface area contributed by atoms with E-state index in [0.29, 0.717) is 24.8 Å². The Morgan fingerprint density at radius 2 is 2.03 bits per heavy atom. The summed E-state index contributed by atoms with van der Waals surface area (Å²) < 4.78 is 15.4. The molecule has 3 heterocycles. The predicted molar refractivity (Wildman–Crippen MR) is 128 cm³/mol. The molecule has 192 valence electrons. The second-order valence-electron chi connectivity index (χ2n) is 9.30. The van der Waals surface area contributed by atoms with Gasteiger partial charge in [0, 0.05) is 25.1 Å². The van der Waals surface area contributed by atoms with E-state index in [1.165, 1.54) is 12.1 Å². The number of amides is 3. The van der Waals surface area contributed by atoms with Gasteiger partial charge in [0.05, 0.1) is 17.8 Å². The number of hydrogen-bond donors (Lipinski definition) is 4. The first-order chi connectivity index (χ1) is 17.7. The summed E-state index contributed by atoms with van der Waals surface area (Å²) in [5.41, 5.74) is 2.08. The van der Waals surface area contributed by atoms with Gasteiger partial charge in [0.25, 0.3) is 11.8 Å². The van der Waals surface area contributed by atoms with Gasteiger partial charge in [-0.25, -0.2) is 18.7 Å². The summed E-state index contributed by atoms with van der Waals surface area (Å²) in [7, 11) is 0. The Hall–Kier alpha value is -4.35. The van der Waals surface area contributed by atoms with Crippen molar-refractivity contribution in [3.63, 3.8) is 0 Å². The number of hydrogen-bond acceptors (Lipinski definition) is 6. The SMILES string of the molecule is Cc1c(C(=O)O)ccc2c1CC[C@@H]2NC(=O)c1cc(C(=O)NCC2CCCC(=O)N2)nc2c(F)cnn12. The lowest BCUT2D eigenvalue weighted by Gasteiger charge is -2.23. The van der Waals surface area contributed by atoms with Crippen molar-refractivity contribution >= 4 is 29.3 Å². The third-order valence-corrected chi connectivity index (χ3v) is 6.95. The van der Waals surface area contributed by atoms with Crippen molar-refractivity contribution in [3.8, 4) is 0 Å². The summed E-state index contributed by atoms with van der Waals surface area (Å²) in [6.45, 7) is 1.92. The van der Waals surface area contributed by atoms with Gasteiger partial charge in [0.2, 0.25) is 5.91 Å². The van der Waals surface area contributed by atoms with Gasteiger partial charge in [-0.15, -0.1) is 0 Å². The van der Waals surface area contributed by atoms with E-state index in [2.05, 4.69) is 26.0 Å². The number of fused-ring (bicyclic) bond motifs is 2. The van der Waals surface area contributed by atoms with Gasteiger partial charge < -0.3 is 21.1 Å². The zero-order valence-corrected chi connectivity index (χ0v) is 20.0. The first-order valence-corrected chi connectivity index (χ1v) is 12.0. The second kappa shape index (κ2) is 9.60. The minimum absolute atomic E-state index is 0.0719. The number of aromatic nitrogens is 3. The molecule has 2 aromatic heterocycles. The number of piperidine rings is 1. The maximum atomic E-state index is 14.4. The molecule has 1 unspecified atom stereocenters. The standard InChI is InChI=1S/C25H25FN6O5/c1-12-14-7-8-18(16(14)6-5-15(12)25(36)37)31-24(35)20-9-19(30-22-17(26)11-28-32(20)22)23(34)27-10-13-3-2-4-21(33)29-13/h5-6,9,11,13,18H,2-4,7-8,10H2,1H3,(H,27,34)(H,29,33)(H,31,35)(H,36,37)/t13?,18-/m0/s1. The molecule has 3 amide bonds. The fourth-order valence-corrected chi connectivity index (χ4v) is 5.05. The molecule has 1 saturated heterocycles. The van der Waals surface area contributed by atoms with Crippen LogP contribution in [0.1, 0.15) is 79.8 Å². The van der Waals surface area contributed by atoms with E-state index in [4.69, 9.17) is 0 Å². The average molecular weight is 509 g/mol. The number of nitrogens with zero attached hydrogens (tertiary/aromatic N) is 3. The third-order valence-electron chi connectivity index (χ3n) is 6.95. The maximum absolute atomic E-state index is 14.4. The number of carboxylic acids is 1. The Bertz CT molecular complexity index is 1450. The molecule has 37 heavy (non-hydrogen) atoms. The molecule has 0 bridgehead atoms. The topological polar surface area (TPSA) is 155 Å². The van der Waals surface area contributed by atoms with E-state index in [9.17, 15) is 28.7 Å². The number of aromatic carboxylic acids is 1. The maximum Gasteiger partial charge on any atom is 0.335 e. The molecule has 1 aromatic carbocycles. The van der Waals surface area contributed by atoms with Gasteiger partial charge in [0.1, 0.15) is 11.4 Å². The number of rotatable bonds is 6. The van der Waals surface area contributed by atoms with E-state index in [1.54, 1.807) is 13.0 Å². The number of benzene rings is 1. The highest BCUT2D eigenvalue weighted by Crippen LogP contribution is 2.35. The zero-order valence-electron chi connectivity index (χ0n) is 20.0. The summed E-state index contributed by atoms with van der Waals surface area (Å²) in [6, 6.07) is 3.86. The first kappa shape index (κ1) is 24.3. The summed E-state index contributed by atoms with van der Waals surface area (Å²) in [4.78, 5) is 53.3. The summed E-state index contributed by atoms with van der Waals surface area (Å²) >= 11 is 0. The van der Waals surface area contributed by atoms with Crippen molar-refractivity contribution in [2.45, 2.75) is 51.1 Å². The van der Waals surface area contributed by atoms with E-state index >= 15 is 0 Å². The Morgan fingerprint density at radius 3 is 2.78 bits per heavy atom. The zero-order chi connectivity index (χ0) is 26.3. The highest BCUT2D eigenvalue weighted by molar-refractivity contribution is 5.98. The van der Waals surface area contributed by atoms with Crippen LogP contribution in [-0.2, 0) is 11.2 Å². The minimum Gasteiger partial charge on any atom is -0.478 e. The van der Waals surface area contributed by atoms with Crippen molar-refractivity contribution in [2.75, 3.05) is 6.54 Å². The number of carboxylic acid groups (broad SMARTS) is 1. The minimum atomic E-state index is -1.01. The van der Waals surface area contributed by atoms with Crippen molar-refractivity contribution in [2.24, 2.45) is 0 Å². The molecule has 1 aliphatic heterocycles. The lowest BCUT2D eigenvalue weighted by atomic mass is 9.98. The molecule has 0 radical (unpaired) electrons. The number of halogens is 1.